The molecule has 0 fully saturated rings. The van der Waals surface area contributed by atoms with Crippen molar-refractivity contribution in [2.75, 3.05) is 0 Å². The van der Waals surface area contributed by atoms with E-state index in [1.54, 1.807) is 13.8 Å². The zero-order valence-corrected chi connectivity index (χ0v) is 15.6. The van der Waals surface area contributed by atoms with Crippen molar-refractivity contribution >= 4 is 15.7 Å². The van der Waals surface area contributed by atoms with Gasteiger partial charge in [0.1, 0.15) is 16.8 Å². The summed E-state index contributed by atoms with van der Waals surface area (Å²) in [5.74, 6) is 1.27. The van der Waals surface area contributed by atoms with Crippen LogP contribution < -0.4 is 5.32 Å². The van der Waals surface area contributed by atoms with Crippen molar-refractivity contribution in [1.82, 2.24) is 5.32 Å². The molecular weight excluding hydrogens is 314 g/mol. The Hall–Kier alpha value is -1.30. The number of furan rings is 1. The number of nitrogens with one attached hydrogen (secondary N) is 1. The van der Waals surface area contributed by atoms with Crippen molar-refractivity contribution in [3.63, 3.8) is 0 Å². The van der Waals surface area contributed by atoms with Gasteiger partial charge in [-0.15, -0.1) is 0 Å². The van der Waals surface area contributed by atoms with E-state index in [1.807, 2.05) is 13.0 Å². The van der Waals surface area contributed by atoms with Crippen LogP contribution in [0.25, 0.3) is 0 Å². The van der Waals surface area contributed by atoms with Gasteiger partial charge in [-0.1, -0.05) is 13.8 Å². The molecule has 1 amide bonds. The third kappa shape index (κ3) is 3.62. The smallest absolute Gasteiger partial charge is 0.238 e. The van der Waals surface area contributed by atoms with E-state index in [2.05, 4.69) is 19.2 Å². The van der Waals surface area contributed by atoms with Gasteiger partial charge in [0.05, 0.1) is 11.3 Å². The molecule has 0 aliphatic heterocycles. The number of carbonyl (C=O) groups is 1. The van der Waals surface area contributed by atoms with Gasteiger partial charge in [0.2, 0.25) is 5.91 Å². The molecule has 0 radical (unpaired) electrons. The Balaban J connectivity index is 2.24. The second-order valence-electron chi connectivity index (χ2n) is 7.62. The fourth-order valence-electron chi connectivity index (χ4n) is 3.16. The first-order chi connectivity index (χ1) is 10.4. The number of amides is 1. The summed E-state index contributed by atoms with van der Waals surface area (Å²) >= 11 is 0. The number of rotatable bonds is 4. The number of sulfone groups is 1. The van der Waals surface area contributed by atoms with E-state index in [-0.39, 0.29) is 11.5 Å². The van der Waals surface area contributed by atoms with Crippen LogP contribution in [0.5, 0.6) is 0 Å². The van der Waals surface area contributed by atoms with Crippen LogP contribution in [-0.2, 0) is 21.1 Å². The van der Waals surface area contributed by atoms with Gasteiger partial charge in [0.15, 0.2) is 9.84 Å². The van der Waals surface area contributed by atoms with Gasteiger partial charge < -0.3 is 9.73 Å². The Kier molecular flexibility index (Phi) is 4.68. The number of carbonyl (C=O) groups excluding carboxylic acids is 1. The quantitative estimate of drug-likeness (QED) is 0.913. The topological polar surface area (TPSA) is 76.4 Å². The summed E-state index contributed by atoms with van der Waals surface area (Å²) in [6.07, 6.45) is 1.58. The third-order valence-corrected chi connectivity index (χ3v) is 7.09. The maximum Gasteiger partial charge on any atom is 0.238 e. The molecular formula is C17H27NO4S. The maximum absolute atomic E-state index is 12.5. The van der Waals surface area contributed by atoms with Crippen LogP contribution in [0.4, 0.5) is 0 Å². The highest BCUT2D eigenvalue weighted by Gasteiger charge is 2.38. The number of hydrogen-bond acceptors (Lipinski definition) is 4. The molecule has 1 aliphatic rings. The first-order valence-electron chi connectivity index (χ1n) is 8.06. The highest BCUT2D eigenvalue weighted by Crippen LogP contribution is 2.42. The third-order valence-electron chi connectivity index (χ3n) is 4.57. The van der Waals surface area contributed by atoms with E-state index in [1.165, 1.54) is 6.92 Å². The molecule has 0 spiro atoms. The van der Waals surface area contributed by atoms with Crippen LogP contribution >= 0.6 is 0 Å². The monoisotopic (exact) mass is 341 g/mol. The zero-order chi connectivity index (χ0) is 17.6. The molecule has 130 valence electrons. The average Bonchev–Trinajstić information content (AvgIpc) is 2.76. The number of aryl methyl sites for hydroxylation is 1. The predicted molar refractivity (Wildman–Crippen MR) is 89.9 cm³/mol. The van der Waals surface area contributed by atoms with E-state index in [9.17, 15) is 13.2 Å². The van der Waals surface area contributed by atoms with Crippen molar-refractivity contribution in [3.05, 3.63) is 23.2 Å². The molecule has 2 rings (SSSR count). The van der Waals surface area contributed by atoms with Gasteiger partial charge in [-0.2, -0.15) is 0 Å². The summed E-state index contributed by atoms with van der Waals surface area (Å²) in [4.78, 5) is 12.5. The molecule has 1 aromatic rings. The molecule has 1 aliphatic carbocycles. The number of fused-ring (bicyclic) bond motifs is 1. The first-order valence-corrected chi connectivity index (χ1v) is 9.67. The lowest BCUT2D eigenvalue weighted by Crippen LogP contribution is -2.44. The lowest BCUT2D eigenvalue weighted by Gasteiger charge is -2.35. The second-order valence-corrected chi connectivity index (χ2v) is 10.4. The Morgan fingerprint density at radius 2 is 1.96 bits per heavy atom. The molecule has 1 N–H and O–H groups in total. The summed E-state index contributed by atoms with van der Waals surface area (Å²) in [5, 5.41) is 1.30. The summed E-state index contributed by atoms with van der Waals surface area (Å²) in [5.41, 5.74) is 0.972. The molecule has 6 heteroatoms. The number of hydrogen-bond donors (Lipinski definition) is 1. The molecule has 0 bridgehead atoms. The highest BCUT2D eigenvalue weighted by atomic mass is 32.2. The molecule has 23 heavy (non-hydrogen) atoms. The van der Waals surface area contributed by atoms with E-state index in [0.29, 0.717) is 0 Å². The standard InChI is InChI=1S/C17H27NO4S/c1-10(2)23(20,21)12(4)16(19)18-14-8-17(5,6)9-15-13(14)7-11(3)22-15/h7,10,12,14H,8-9H2,1-6H3,(H,18,19)/t12-,14+/m1/s1. The van der Waals surface area contributed by atoms with E-state index >= 15 is 0 Å². The van der Waals surface area contributed by atoms with Crippen LogP contribution in [0.3, 0.4) is 0 Å². The van der Waals surface area contributed by atoms with Crippen molar-refractivity contribution in [2.24, 2.45) is 5.41 Å². The van der Waals surface area contributed by atoms with E-state index < -0.39 is 26.2 Å². The van der Waals surface area contributed by atoms with Crippen LogP contribution in [0.2, 0.25) is 0 Å². The van der Waals surface area contributed by atoms with Gasteiger partial charge in [-0.25, -0.2) is 8.42 Å². The summed E-state index contributed by atoms with van der Waals surface area (Å²) < 4.78 is 30.2. The zero-order valence-electron chi connectivity index (χ0n) is 14.8. The van der Waals surface area contributed by atoms with Crippen LogP contribution in [-0.4, -0.2) is 24.8 Å². The molecule has 0 saturated heterocycles. The minimum Gasteiger partial charge on any atom is -0.466 e. The maximum atomic E-state index is 12.5. The van der Waals surface area contributed by atoms with Gasteiger partial charge in [-0.3, -0.25) is 4.79 Å². The summed E-state index contributed by atoms with van der Waals surface area (Å²) in [7, 11) is -3.46. The van der Waals surface area contributed by atoms with Gasteiger partial charge in [0, 0.05) is 12.0 Å². The fraction of sp³-hybridized carbons (Fsp3) is 0.706. The summed E-state index contributed by atoms with van der Waals surface area (Å²) in [6, 6.07) is 1.74. The van der Waals surface area contributed by atoms with Crippen molar-refractivity contribution in [1.29, 1.82) is 0 Å². The van der Waals surface area contributed by atoms with Gasteiger partial charge in [0.25, 0.3) is 0 Å². The van der Waals surface area contributed by atoms with Gasteiger partial charge in [-0.05, 0) is 45.6 Å². The molecule has 2 atom stereocenters. The van der Waals surface area contributed by atoms with Crippen molar-refractivity contribution in [3.8, 4) is 0 Å². The second kappa shape index (κ2) is 5.96. The van der Waals surface area contributed by atoms with Crippen LogP contribution in [0.15, 0.2) is 10.5 Å². The normalized spacial score (nSPS) is 21.8. The first kappa shape index (κ1) is 18.0. The Morgan fingerprint density at radius 3 is 2.52 bits per heavy atom. The Labute approximate surface area is 138 Å². The van der Waals surface area contributed by atoms with Gasteiger partial charge >= 0.3 is 0 Å². The Bertz CT molecular complexity index is 700. The highest BCUT2D eigenvalue weighted by molar-refractivity contribution is 7.93. The molecule has 5 nitrogen and oxygen atoms in total. The van der Waals surface area contributed by atoms with E-state index in [0.717, 1.165) is 29.9 Å². The van der Waals surface area contributed by atoms with Crippen molar-refractivity contribution in [2.45, 2.75) is 70.9 Å². The fourth-order valence-corrected chi connectivity index (χ4v) is 4.34. The molecule has 0 aromatic carbocycles. The predicted octanol–water partition coefficient (Wildman–Crippen LogP) is 2.93. The molecule has 1 aromatic heterocycles. The van der Waals surface area contributed by atoms with Crippen LogP contribution in [0, 0.1) is 12.3 Å². The minimum atomic E-state index is -3.46. The lowest BCUT2D eigenvalue weighted by molar-refractivity contribution is -0.121. The summed E-state index contributed by atoms with van der Waals surface area (Å²) in [6.45, 7) is 10.8. The lowest BCUT2D eigenvalue weighted by atomic mass is 9.74. The largest absolute Gasteiger partial charge is 0.466 e. The molecule has 0 unspecified atom stereocenters. The molecule has 1 heterocycles. The molecule has 0 saturated carbocycles. The van der Waals surface area contributed by atoms with Crippen molar-refractivity contribution < 1.29 is 17.6 Å². The average molecular weight is 341 g/mol. The Morgan fingerprint density at radius 1 is 1.35 bits per heavy atom. The minimum absolute atomic E-state index is 0.00456. The van der Waals surface area contributed by atoms with E-state index in [4.69, 9.17) is 4.42 Å². The SMILES string of the molecule is Cc1cc2c(o1)CC(C)(C)C[C@@H]2NC(=O)[C@@H](C)S(=O)(=O)C(C)C. The van der Waals surface area contributed by atoms with Crippen LogP contribution in [0.1, 0.15) is 64.2 Å².